The molecular weight excluding hydrogens is 473 g/mol. The molecule has 0 amide bonds. The molecule has 9 nitrogen and oxygen atoms in total. The molecule has 4 heterocycles. The topological polar surface area (TPSA) is 95.9 Å². The van der Waals surface area contributed by atoms with Crippen LogP contribution in [0.5, 0.6) is 0 Å². The van der Waals surface area contributed by atoms with Crippen LogP contribution in [0.3, 0.4) is 0 Å². The molecule has 0 N–H and O–H groups in total. The van der Waals surface area contributed by atoms with Crippen molar-refractivity contribution in [2.75, 3.05) is 18.0 Å². The normalized spacial score (nSPS) is 20.0. The van der Waals surface area contributed by atoms with E-state index in [1.807, 2.05) is 13.8 Å². The summed E-state index contributed by atoms with van der Waals surface area (Å²) in [7, 11) is 1.67. The quantitative estimate of drug-likeness (QED) is 0.509. The van der Waals surface area contributed by atoms with Crippen LogP contribution in [0.15, 0.2) is 29.5 Å². The van der Waals surface area contributed by atoms with Crippen molar-refractivity contribution in [2.24, 2.45) is 7.05 Å². The maximum atomic E-state index is 13.7. The molecular formula is C24H29F3N8O. The Hall–Kier alpha value is -3.46. The van der Waals surface area contributed by atoms with E-state index in [-0.39, 0.29) is 29.8 Å². The number of piperazine rings is 1. The molecule has 0 aliphatic carbocycles. The second-order valence-corrected chi connectivity index (χ2v) is 9.15. The van der Waals surface area contributed by atoms with Crippen LogP contribution in [0.4, 0.5) is 18.9 Å². The lowest BCUT2D eigenvalue weighted by molar-refractivity contribution is -0.139. The smallest absolute Gasteiger partial charge is 0.364 e. The van der Waals surface area contributed by atoms with E-state index in [1.165, 1.54) is 15.4 Å². The predicted molar refractivity (Wildman–Crippen MR) is 128 cm³/mol. The molecule has 0 bridgehead atoms. The molecule has 192 valence electrons. The van der Waals surface area contributed by atoms with Crippen molar-refractivity contribution in [1.29, 1.82) is 5.26 Å². The minimum absolute atomic E-state index is 0.0594. The van der Waals surface area contributed by atoms with Crippen LogP contribution in [-0.4, -0.2) is 54.6 Å². The van der Waals surface area contributed by atoms with E-state index in [0.29, 0.717) is 36.2 Å². The number of anilines is 1. The van der Waals surface area contributed by atoms with Crippen molar-refractivity contribution >= 4 is 16.7 Å². The summed E-state index contributed by atoms with van der Waals surface area (Å²) < 4.78 is 44.1. The Balaban J connectivity index is 1.74. The fourth-order valence-corrected chi connectivity index (χ4v) is 5.15. The molecule has 1 aliphatic heterocycles. The summed E-state index contributed by atoms with van der Waals surface area (Å²) in [6.07, 6.45) is 0.582. The van der Waals surface area contributed by atoms with Gasteiger partial charge in [0.2, 0.25) is 0 Å². The Morgan fingerprint density at radius 1 is 1.17 bits per heavy atom. The Labute approximate surface area is 206 Å². The van der Waals surface area contributed by atoms with E-state index in [9.17, 15) is 18.0 Å². The zero-order valence-electron chi connectivity index (χ0n) is 20.7. The second kappa shape index (κ2) is 9.89. The van der Waals surface area contributed by atoms with Crippen molar-refractivity contribution in [1.82, 2.24) is 29.4 Å². The molecule has 0 spiro atoms. The van der Waals surface area contributed by atoms with Crippen LogP contribution in [0.1, 0.15) is 50.8 Å². The molecule has 0 saturated carbocycles. The highest BCUT2D eigenvalue weighted by atomic mass is 19.4. The van der Waals surface area contributed by atoms with E-state index in [0.717, 1.165) is 12.6 Å². The zero-order chi connectivity index (χ0) is 26.2. The molecule has 12 heteroatoms. The van der Waals surface area contributed by atoms with Gasteiger partial charge in [-0.2, -0.15) is 33.7 Å². The molecule has 0 aromatic carbocycles. The van der Waals surface area contributed by atoms with Crippen molar-refractivity contribution in [2.45, 2.75) is 64.5 Å². The summed E-state index contributed by atoms with van der Waals surface area (Å²) in [6.45, 7) is 6.89. The Morgan fingerprint density at radius 2 is 1.86 bits per heavy atom. The lowest BCUT2D eigenvalue weighted by Gasteiger charge is -2.49. The zero-order valence-corrected chi connectivity index (χ0v) is 20.7. The van der Waals surface area contributed by atoms with Crippen LogP contribution in [-0.2, 0) is 19.8 Å². The van der Waals surface area contributed by atoms with Gasteiger partial charge in [-0.05, 0) is 19.8 Å². The number of aromatic nitrogens is 5. The van der Waals surface area contributed by atoms with E-state index >= 15 is 0 Å². The van der Waals surface area contributed by atoms with Gasteiger partial charge in [-0.25, -0.2) is 0 Å². The van der Waals surface area contributed by atoms with Gasteiger partial charge in [0, 0.05) is 49.9 Å². The number of nitriles is 1. The molecule has 36 heavy (non-hydrogen) atoms. The Bertz CT molecular complexity index is 1340. The molecule has 1 fully saturated rings. The van der Waals surface area contributed by atoms with Crippen molar-refractivity contribution in [3.05, 3.63) is 46.1 Å². The van der Waals surface area contributed by atoms with Crippen LogP contribution >= 0.6 is 0 Å². The number of pyridine rings is 1. The first-order chi connectivity index (χ1) is 17.1. The average molecular weight is 503 g/mol. The number of rotatable bonds is 6. The molecule has 3 atom stereocenters. The van der Waals surface area contributed by atoms with Gasteiger partial charge in [0.1, 0.15) is 12.1 Å². The van der Waals surface area contributed by atoms with Crippen LogP contribution in [0, 0.1) is 11.3 Å². The Kier molecular flexibility index (Phi) is 7.04. The number of hydrogen-bond acceptors (Lipinski definition) is 7. The third-order valence-corrected chi connectivity index (χ3v) is 7.17. The first kappa shape index (κ1) is 25.6. The summed E-state index contributed by atoms with van der Waals surface area (Å²) in [4.78, 5) is 17.1. The molecule has 4 rings (SSSR count). The fourth-order valence-electron chi connectivity index (χ4n) is 5.15. The van der Waals surface area contributed by atoms with E-state index in [1.54, 1.807) is 26.2 Å². The third kappa shape index (κ3) is 4.55. The number of halogens is 3. The van der Waals surface area contributed by atoms with Gasteiger partial charge in [-0.3, -0.25) is 14.4 Å². The number of aryl methyl sites for hydroxylation is 1. The van der Waals surface area contributed by atoms with E-state index in [4.69, 9.17) is 5.26 Å². The van der Waals surface area contributed by atoms with Gasteiger partial charge >= 0.3 is 6.18 Å². The van der Waals surface area contributed by atoms with Gasteiger partial charge in [0.15, 0.2) is 0 Å². The molecule has 1 saturated heterocycles. The number of fused-ring (bicyclic) bond motifs is 1. The van der Waals surface area contributed by atoms with Gasteiger partial charge in [0.25, 0.3) is 5.56 Å². The van der Waals surface area contributed by atoms with Crippen LogP contribution < -0.4 is 10.5 Å². The lowest BCUT2D eigenvalue weighted by atomic mass is 9.95. The molecule has 1 unspecified atom stereocenters. The first-order valence-corrected chi connectivity index (χ1v) is 11.9. The monoisotopic (exact) mass is 502 g/mol. The molecule has 3 aromatic rings. The molecule has 1 aliphatic rings. The summed E-state index contributed by atoms with van der Waals surface area (Å²) in [6, 6.07) is 2.97. The number of alkyl halides is 3. The highest BCUT2D eigenvalue weighted by Crippen LogP contribution is 2.38. The maximum absolute atomic E-state index is 13.7. The fraction of sp³-hybridized carbons (Fsp3) is 0.542. The Morgan fingerprint density at radius 3 is 2.50 bits per heavy atom. The van der Waals surface area contributed by atoms with E-state index < -0.39 is 17.8 Å². The summed E-state index contributed by atoms with van der Waals surface area (Å²) >= 11 is 0. The first-order valence-electron chi connectivity index (χ1n) is 11.9. The summed E-state index contributed by atoms with van der Waals surface area (Å²) in [5, 5.41) is 20.9. The van der Waals surface area contributed by atoms with Gasteiger partial charge in [-0.1, -0.05) is 13.8 Å². The van der Waals surface area contributed by atoms with Crippen LogP contribution in [0.2, 0.25) is 0 Å². The minimum atomic E-state index is -4.52. The maximum Gasteiger partial charge on any atom is 0.418 e. The summed E-state index contributed by atoms with van der Waals surface area (Å²) in [5.41, 5.74) is 1.08. The highest BCUT2D eigenvalue weighted by molar-refractivity contribution is 5.88. The number of nitrogens with zero attached hydrogens (tertiary/aromatic N) is 8. The second-order valence-electron chi connectivity index (χ2n) is 9.15. The highest BCUT2D eigenvalue weighted by Gasteiger charge is 2.40. The predicted octanol–water partition coefficient (Wildman–Crippen LogP) is 3.51. The minimum Gasteiger partial charge on any atom is -0.364 e. The van der Waals surface area contributed by atoms with Crippen molar-refractivity contribution in [3.8, 4) is 6.07 Å². The van der Waals surface area contributed by atoms with Crippen molar-refractivity contribution in [3.63, 3.8) is 0 Å². The van der Waals surface area contributed by atoms with Gasteiger partial charge in [0.05, 0.1) is 41.4 Å². The molecule has 3 aromatic heterocycles. The van der Waals surface area contributed by atoms with Gasteiger partial charge in [-0.15, -0.1) is 0 Å². The van der Waals surface area contributed by atoms with Gasteiger partial charge < -0.3 is 9.47 Å². The van der Waals surface area contributed by atoms with Crippen molar-refractivity contribution < 1.29 is 13.2 Å². The largest absolute Gasteiger partial charge is 0.418 e. The SMILES string of the molecule is CC[C@H]1CN(C(C)c2cnncc2C(F)(F)F)[C@H](CC)CN1c1cc(=O)n(C)c2cn(CC#N)nc12. The standard InChI is InChI=1S/C24H29F3N8O/c1-5-16-13-35(20-9-22(36)32(4)21-14-33(8-7-28)31-23(20)21)17(6-2)12-34(16)15(3)18-10-29-30-11-19(18)24(25,26)27/h9-11,14-17H,5-6,8,12-13H2,1-4H3/t15?,16-,17+/m1/s1. The lowest BCUT2D eigenvalue weighted by Crippen LogP contribution is -2.59. The van der Waals surface area contributed by atoms with E-state index in [2.05, 4.69) is 31.2 Å². The third-order valence-electron chi connectivity index (χ3n) is 7.17. The molecule has 0 radical (unpaired) electrons. The number of hydrogen-bond donors (Lipinski definition) is 0. The summed E-state index contributed by atoms with van der Waals surface area (Å²) in [5.74, 6) is 0. The van der Waals surface area contributed by atoms with Crippen LogP contribution in [0.25, 0.3) is 11.0 Å². The average Bonchev–Trinajstić information content (AvgIpc) is 3.29.